The monoisotopic (exact) mass is 527 g/mol. The summed E-state index contributed by atoms with van der Waals surface area (Å²) in [5.74, 6) is 0.994. The van der Waals surface area contributed by atoms with Crippen LogP contribution < -0.4 is 4.74 Å². The first-order valence-corrected chi connectivity index (χ1v) is 13.8. The quantitative estimate of drug-likeness (QED) is 0.263. The third kappa shape index (κ3) is 5.25. The van der Waals surface area contributed by atoms with Crippen LogP contribution in [0.3, 0.4) is 0 Å². The Balaban J connectivity index is 1.32. The Morgan fingerprint density at radius 3 is 2.73 bits per heavy atom. The maximum absolute atomic E-state index is 11.4. The molecular weight excluding hydrogens is 502 g/mol. The van der Waals surface area contributed by atoms with Gasteiger partial charge in [0.25, 0.3) is 0 Å². The fourth-order valence-electron chi connectivity index (χ4n) is 4.94. The number of hydrogen-bond donors (Lipinski definition) is 1. The molecule has 4 aromatic rings. The van der Waals surface area contributed by atoms with E-state index < -0.39 is 5.97 Å². The summed E-state index contributed by atoms with van der Waals surface area (Å²) in [5.41, 5.74) is 6.26. The second kappa shape index (κ2) is 9.88. The number of carboxylic acid groups (broad SMARTS) is 1. The number of carbonyl (C=O) groups is 1. The van der Waals surface area contributed by atoms with Gasteiger partial charge in [-0.05, 0) is 71.4 Å². The molecule has 1 unspecified atom stereocenters. The number of pyridine rings is 1. The number of nitrogens with zero attached hydrogens (tertiary/aromatic N) is 1. The van der Waals surface area contributed by atoms with Crippen LogP contribution in [0.15, 0.2) is 72.8 Å². The molecule has 186 valence electrons. The van der Waals surface area contributed by atoms with Crippen molar-refractivity contribution < 1.29 is 14.6 Å². The molecule has 0 radical (unpaired) electrons. The van der Waals surface area contributed by atoms with Crippen LogP contribution in [0.25, 0.3) is 23.1 Å². The third-order valence-corrected chi connectivity index (χ3v) is 9.05. The van der Waals surface area contributed by atoms with Crippen molar-refractivity contribution in [2.45, 2.75) is 31.1 Å². The molecule has 1 aromatic heterocycles. The lowest BCUT2D eigenvalue weighted by molar-refractivity contribution is -0.138. The van der Waals surface area contributed by atoms with Crippen LogP contribution >= 0.6 is 23.4 Å². The molecule has 1 N–H and O–H groups in total. The molecule has 1 aliphatic carbocycles. The highest BCUT2D eigenvalue weighted by Crippen LogP contribution is 2.55. The van der Waals surface area contributed by atoms with Gasteiger partial charge >= 0.3 is 5.97 Å². The van der Waals surface area contributed by atoms with Gasteiger partial charge in [0.05, 0.1) is 22.9 Å². The number of thioether (sulfide) groups is 1. The molecule has 6 rings (SSSR count). The topological polar surface area (TPSA) is 59.4 Å². The summed E-state index contributed by atoms with van der Waals surface area (Å²) >= 11 is 8.00. The van der Waals surface area contributed by atoms with E-state index in [4.69, 9.17) is 21.3 Å². The molecule has 0 spiro atoms. The van der Waals surface area contributed by atoms with E-state index in [2.05, 4.69) is 42.5 Å². The third-order valence-electron chi connectivity index (χ3n) is 7.20. The van der Waals surface area contributed by atoms with Gasteiger partial charge in [0.2, 0.25) is 0 Å². The number of rotatable bonds is 7. The molecule has 0 bridgehead atoms. The van der Waals surface area contributed by atoms with Gasteiger partial charge in [-0.3, -0.25) is 4.79 Å². The number of carboxylic acids is 1. The van der Waals surface area contributed by atoms with Crippen molar-refractivity contribution in [1.29, 1.82) is 0 Å². The predicted molar refractivity (Wildman–Crippen MR) is 151 cm³/mol. The Labute approximate surface area is 225 Å². The van der Waals surface area contributed by atoms with Crippen LogP contribution in [-0.2, 0) is 11.4 Å². The SMILES string of the molecule is O=C(O)CC1(CSC2c3ccccc3COc3ccc(/C=C/c4ccc5ccc(Cl)cc5n4)cc32)CC1. The van der Waals surface area contributed by atoms with Crippen molar-refractivity contribution in [1.82, 2.24) is 4.98 Å². The van der Waals surface area contributed by atoms with Gasteiger partial charge in [-0.1, -0.05) is 60.1 Å². The Bertz CT molecular complexity index is 1530. The van der Waals surface area contributed by atoms with Gasteiger partial charge in [0.15, 0.2) is 0 Å². The second-order valence-electron chi connectivity index (χ2n) is 9.95. The molecule has 2 heterocycles. The fourth-order valence-corrected chi connectivity index (χ4v) is 6.79. The Hall–Kier alpha value is -3.28. The summed E-state index contributed by atoms with van der Waals surface area (Å²) in [5, 5.41) is 11.2. The van der Waals surface area contributed by atoms with Crippen molar-refractivity contribution in [2.75, 3.05) is 5.75 Å². The van der Waals surface area contributed by atoms with Gasteiger partial charge < -0.3 is 9.84 Å². The average molecular weight is 528 g/mol. The summed E-state index contributed by atoms with van der Waals surface area (Å²) in [7, 11) is 0. The highest BCUT2D eigenvalue weighted by atomic mass is 35.5. The van der Waals surface area contributed by atoms with Gasteiger partial charge in [-0.2, -0.15) is 0 Å². The first-order chi connectivity index (χ1) is 18.0. The normalized spacial score (nSPS) is 17.6. The average Bonchev–Trinajstić information content (AvgIpc) is 3.67. The molecule has 4 nitrogen and oxygen atoms in total. The van der Waals surface area contributed by atoms with Crippen molar-refractivity contribution in [3.63, 3.8) is 0 Å². The lowest BCUT2D eigenvalue weighted by atomic mass is 9.98. The van der Waals surface area contributed by atoms with Crippen LogP contribution in [0.1, 0.15) is 52.5 Å². The number of aliphatic carboxylic acids is 1. The molecule has 1 atom stereocenters. The van der Waals surface area contributed by atoms with Crippen LogP contribution in [0.2, 0.25) is 5.02 Å². The number of halogens is 1. The fraction of sp³-hybridized carbons (Fsp3) is 0.226. The maximum atomic E-state index is 11.4. The van der Waals surface area contributed by atoms with E-state index in [-0.39, 0.29) is 17.1 Å². The van der Waals surface area contributed by atoms with Gasteiger partial charge in [0.1, 0.15) is 12.4 Å². The molecule has 1 aliphatic heterocycles. The van der Waals surface area contributed by atoms with Gasteiger partial charge in [0, 0.05) is 21.7 Å². The molecule has 0 saturated heterocycles. The zero-order chi connectivity index (χ0) is 25.4. The van der Waals surface area contributed by atoms with Crippen LogP contribution in [0, 0.1) is 5.41 Å². The molecule has 1 saturated carbocycles. The molecule has 2 aliphatic rings. The molecule has 0 amide bonds. The zero-order valence-electron chi connectivity index (χ0n) is 20.2. The molecular formula is C31H26ClNO3S. The van der Waals surface area contributed by atoms with Crippen LogP contribution in [0.4, 0.5) is 0 Å². The number of benzene rings is 3. The summed E-state index contributed by atoms with van der Waals surface area (Å²) < 4.78 is 6.24. The zero-order valence-corrected chi connectivity index (χ0v) is 21.8. The first-order valence-electron chi connectivity index (χ1n) is 12.4. The van der Waals surface area contributed by atoms with E-state index in [0.717, 1.165) is 52.1 Å². The maximum Gasteiger partial charge on any atom is 0.303 e. The highest BCUT2D eigenvalue weighted by Gasteiger charge is 2.45. The van der Waals surface area contributed by atoms with E-state index >= 15 is 0 Å². The smallest absolute Gasteiger partial charge is 0.303 e. The largest absolute Gasteiger partial charge is 0.489 e. The van der Waals surface area contributed by atoms with Gasteiger partial charge in [-0.25, -0.2) is 4.98 Å². The molecule has 3 aromatic carbocycles. The van der Waals surface area contributed by atoms with E-state index in [1.165, 1.54) is 11.1 Å². The lowest BCUT2D eigenvalue weighted by Gasteiger charge is -2.22. The van der Waals surface area contributed by atoms with Crippen molar-refractivity contribution in [3.05, 3.63) is 106 Å². The minimum absolute atomic E-state index is 0.0780. The first kappa shape index (κ1) is 24.1. The number of fused-ring (bicyclic) bond motifs is 3. The van der Waals surface area contributed by atoms with Crippen molar-refractivity contribution in [2.24, 2.45) is 5.41 Å². The van der Waals surface area contributed by atoms with Crippen molar-refractivity contribution in [3.8, 4) is 5.75 Å². The Morgan fingerprint density at radius 2 is 1.89 bits per heavy atom. The predicted octanol–water partition coefficient (Wildman–Crippen LogP) is 8.03. The summed E-state index contributed by atoms with van der Waals surface area (Å²) in [6.07, 6.45) is 6.30. The highest BCUT2D eigenvalue weighted by molar-refractivity contribution is 7.99. The van der Waals surface area contributed by atoms with E-state index in [9.17, 15) is 9.90 Å². The summed E-state index contributed by atoms with van der Waals surface area (Å²) in [4.78, 5) is 16.2. The molecule has 1 fully saturated rings. The van der Waals surface area contributed by atoms with Crippen LogP contribution in [0.5, 0.6) is 5.75 Å². The lowest BCUT2D eigenvalue weighted by Crippen LogP contribution is -2.12. The number of aromatic nitrogens is 1. The standard InChI is InChI=1S/C31H26ClNO3S/c32-23-9-7-21-8-11-24(33-27(21)16-23)10-5-20-6-12-28-26(15-20)30(25-4-2-1-3-22(25)18-36-28)37-19-31(13-14-31)17-29(34)35/h1-12,15-16,30H,13-14,17-19H2,(H,34,35)/b10-5+. The van der Waals surface area contributed by atoms with E-state index in [1.807, 2.05) is 54.2 Å². The minimum atomic E-state index is -0.708. The minimum Gasteiger partial charge on any atom is -0.489 e. The Kier molecular flexibility index (Phi) is 6.43. The van der Waals surface area contributed by atoms with E-state index in [0.29, 0.717) is 11.6 Å². The molecule has 37 heavy (non-hydrogen) atoms. The van der Waals surface area contributed by atoms with Crippen LogP contribution in [-0.4, -0.2) is 21.8 Å². The number of hydrogen-bond acceptors (Lipinski definition) is 4. The van der Waals surface area contributed by atoms with Crippen molar-refractivity contribution >= 4 is 52.4 Å². The van der Waals surface area contributed by atoms with Gasteiger partial charge in [-0.15, -0.1) is 11.8 Å². The summed E-state index contributed by atoms with van der Waals surface area (Å²) in [6, 6.07) is 24.5. The second-order valence-corrected chi connectivity index (χ2v) is 11.5. The Morgan fingerprint density at radius 1 is 1.05 bits per heavy atom. The molecule has 6 heteroatoms. The number of ether oxygens (including phenoxy) is 1. The van der Waals surface area contributed by atoms with E-state index in [1.54, 1.807) is 0 Å². The summed E-state index contributed by atoms with van der Waals surface area (Å²) in [6.45, 7) is 0.527.